The van der Waals surface area contributed by atoms with E-state index in [1.165, 1.54) is 129 Å². The van der Waals surface area contributed by atoms with Crippen LogP contribution in [0.15, 0.2) is 0 Å². The molecule has 0 fully saturated rings. The Labute approximate surface area is 186 Å². The van der Waals surface area contributed by atoms with Crippen LogP contribution in [0.25, 0.3) is 0 Å². The maximum absolute atomic E-state index is 2.66. The van der Waals surface area contributed by atoms with Gasteiger partial charge >= 0.3 is 0 Å². The Hall–Kier alpha value is 0.250. The first-order chi connectivity index (χ1) is 13.1. The predicted octanol–water partition coefficient (Wildman–Crippen LogP) is 9.57. The molecule has 0 aliphatic heterocycles. The molecule has 2 heteroatoms. The minimum absolute atomic E-state index is 0. The van der Waals surface area contributed by atoms with E-state index in [9.17, 15) is 0 Å². The Morgan fingerprint density at radius 2 is 0.821 bits per heavy atom. The van der Waals surface area contributed by atoms with Crippen LogP contribution >= 0.6 is 12.4 Å². The monoisotopic (exact) mass is 417 g/mol. The molecule has 0 spiro atoms. The minimum Gasteiger partial charge on any atom is -0.298 e. The summed E-state index contributed by atoms with van der Waals surface area (Å²) in [6, 6.07) is 0. The van der Waals surface area contributed by atoms with Crippen molar-refractivity contribution in [2.45, 2.75) is 156 Å². The fourth-order valence-electron chi connectivity index (χ4n) is 4.60. The van der Waals surface area contributed by atoms with Gasteiger partial charge in [0, 0.05) is 5.54 Å². The van der Waals surface area contributed by atoms with Gasteiger partial charge in [-0.2, -0.15) is 0 Å². The average molecular weight is 418 g/mol. The van der Waals surface area contributed by atoms with Crippen molar-refractivity contribution in [3.8, 4) is 0 Å². The zero-order chi connectivity index (χ0) is 20.2. The summed E-state index contributed by atoms with van der Waals surface area (Å²) >= 11 is 0. The molecule has 0 aromatic rings. The molecule has 0 bridgehead atoms. The van der Waals surface area contributed by atoms with Crippen molar-refractivity contribution in [3.05, 3.63) is 0 Å². The number of nitrogens with zero attached hydrogens (tertiary/aromatic N) is 1. The molecule has 0 aromatic carbocycles. The molecule has 172 valence electrons. The van der Waals surface area contributed by atoms with Gasteiger partial charge in [0.2, 0.25) is 0 Å². The largest absolute Gasteiger partial charge is 0.298 e. The lowest BCUT2D eigenvalue weighted by Gasteiger charge is -2.40. The molecule has 0 heterocycles. The van der Waals surface area contributed by atoms with E-state index in [0.717, 1.165) is 0 Å². The molecule has 28 heavy (non-hydrogen) atoms. The van der Waals surface area contributed by atoms with Gasteiger partial charge in [-0.15, -0.1) is 12.4 Å². The van der Waals surface area contributed by atoms with Gasteiger partial charge in [-0.05, 0) is 32.9 Å². The van der Waals surface area contributed by atoms with E-state index >= 15 is 0 Å². The predicted molar refractivity (Wildman–Crippen MR) is 133 cm³/mol. The van der Waals surface area contributed by atoms with Crippen LogP contribution < -0.4 is 0 Å². The van der Waals surface area contributed by atoms with E-state index in [1.807, 2.05) is 0 Å². The van der Waals surface area contributed by atoms with E-state index in [2.05, 4.69) is 39.5 Å². The van der Waals surface area contributed by atoms with Crippen LogP contribution in [0.3, 0.4) is 0 Å². The van der Waals surface area contributed by atoms with E-state index in [0.29, 0.717) is 5.54 Å². The summed E-state index contributed by atoms with van der Waals surface area (Å²) < 4.78 is 0. The normalized spacial score (nSPS) is 13.5. The van der Waals surface area contributed by atoms with Crippen LogP contribution in [0.5, 0.6) is 0 Å². The second-order valence-corrected chi connectivity index (χ2v) is 9.08. The van der Waals surface area contributed by atoms with Gasteiger partial charge in [0.25, 0.3) is 0 Å². The second-order valence-electron chi connectivity index (χ2n) is 9.08. The summed E-state index contributed by atoms with van der Waals surface area (Å²) in [7, 11) is 0. The molecular formula is C26H56ClN. The lowest BCUT2D eigenvalue weighted by atomic mass is 9.89. The van der Waals surface area contributed by atoms with Crippen molar-refractivity contribution < 1.29 is 0 Å². The molecule has 0 N–H and O–H groups in total. The second kappa shape index (κ2) is 21.9. The Morgan fingerprint density at radius 1 is 0.500 bits per heavy atom. The van der Waals surface area contributed by atoms with Crippen molar-refractivity contribution >= 4 is 12.4 Å². The fraction of sp³-hybridized carbons (Fsp3) is 1.00. The van der Waals surface area contributed by atoms with Crippen LogP contribution in [-0.4, -0.2) is 23.5 Å². The molecule has 0 rings (SSSR count). The number of hydrogen-bond donors (Lipinski definition) is 0. The summed E-state index contributed by atoms with van der Waals surface area (Å²) in [4.78, 5) is 2.66. The number of halogens is 1. The lowest BCUT2D eigenvalue weighted by molar-refractivity contribution is 0.0994. The summed E-state index contributed by atoms with van der Waals surface area (Å²) in [6.07, 6.45) is 26.0. The van der Waals surface area contributed by atoms with E-state index in [-0.39, 0.29) is 12.4 Å². The number of unbranched alkanes of at least 4 members (excludes halogenated alkanes) is 15. The smallest absolute Gasteiger partial charge is 0.0178 e. The Bertz CT molecular complexity index is 290. The molecule has 0 aromatic heterocycles. The van der Waals surface area contributed by atoms with Crippen LogP contribution in [0.2, 0.25) is 0 Å². The van der Waals surface area contributed by atoms with Gasteiger partial charge < -0.3 is 0 Å². The fourth-order valence-corrected chi connectivity index (χ4v) is 4.60. The van der Waals surface area contributed by atoms with E-state index in [4.69, 9.17) is 0 Å². The van der Waals surface area contributed by atoms with Gasteiger partial charge in [-0.1, -0.05) is 130 Å². The van der Waals surface area contributed by atoms with Crippen molar-refractivity contribution in [2.75, 3.05) is 13.1 Å². The van der Waals surface area contributed by atoms with Crippen molar-refractivity contribution in [2.24, 2.45) is 0 Å². The molecule has 1 nitrogen and oxygen atoms in total. The van der Waals surface area contributed by atoms with Crippen LogP contribution in [-0.2, 0) is 0 Å². The molecule has 0 amide bonds. The topological polar surface area (TPSA) is 3.24 Å². The Kier molecular flexibility index (Phi) is 23.9. The van der Waals surface area contributed by atoms with Gasteiger partial charge in [0.15, 0.2) is 0 Å². The van der Waals surface area contributed by atoms with Crippen LogP contribution in [0.1, 0.15) is 150 Å². The highest BCUT2D eigenvalue weighted by atomic mass is 35.5. The standard InChI is InChI=1S/C26H55N.ClH/c1-6-10-11-12-13-14-15-16-17-18-19-20-21-22-23-24-25-26(5,7-2)27(8-3)9-4;/h6-25H2,1-5H3;1H. The van der Waals surface area contributed by atoms with Gasteiger partial charge in [-0.3, -0.25) is 4.90 Å². The molecule has 1 unspecified atom stereocenters. The minimum atomic E-state index is 0. The Morgan fingerprint density at radius 3 is 1.11 bits per heavy atom. The zero-order valence-corrected chi connectivity index (χ0v) is 21.3. The van der Waals surface area contributed by atoms with Crippen molar-refractivity contribution in [1.82, 2.24) is 4.90 Å². The van der Waals surface area contributed by atoms with Gasteiger partial charge in [0.1, 0.15) is 0 Å². The Balaban J connectivity index is 0. The van der Waals surface area contributed by atoms with Gasteiger partial charge in [-0.25, -0.2) is 0 Å². The highest BCUT2D eigenvalue weighted by molar-refractivity contribution is 5.85. The maximum Gasteiger partial charge on any atom is 0.0178 e. The van der Waals surface area contributed by atoms with E-state index < -0.39 is 0 Å². The summed E-state index contributed by atoms with van der Waals surface area (Å²) in [6.45, 7) is 14.2. The molecule has 0 radical (unpaired) electrons. The first kappa shape index (κ1) is 30.4. The highest BCUT2D eigenvalue weighted by Gasteiger charge is 2.26. The maximum atomic E-state index is 2.66. The summed E-state index contributed by atoms with van der Waals surface area (Å²) in [5, 5.41) is 0. The molecule has 0 saturated carbocycles. The van der Waals surface area contributed by atoms with Crippen LogP contribution in [0.4, 0.5) is 0 Å². The molecule has 1 atom stereocenters. The highest BCUT2D eigenvalue weighted by Crippen LogP contribution is 2.26. The number of rotatable bonds is 21. The number of hydrogen-bond acceptors (Lipinski definition) is 1. The van der Waals surface area contributed by atoms with Crippen molar-refractivity contribution in [1.29, 1.82) is 0 Å². The van der Waals surface area contributed by atoms with Crippen molar-refractivity contribution in [3.63, 3.8) is 0 Å². The first-order valence-corrected chi connectivity index (χ1v) is 12.9. The molecule has 0 aliphatic carbocycles. The third-order valence-corrected chi connectivity index (χ3v) is 6.86. The molecule has 0 saturated heterocycles. The average Bonchev–Trinajstić information content (AvgIpc) is 2.68. The zero-order valence-electron chi connectivity index (χ0n) is 20.5. The summed E-state index contributed by atoms with van der Waals surface area (Å²) in [5.41, 5.74) is 0.430. The van der Waals surface area contributed by atoms with Crippen LogP contribution in [0, 0.1) is 0 Å². The third-order valence-electron chi connectivity index (χ3n) is 6.86. The SMILES string of the molecule is CCCCCCCCCCCCCCCCCCC(C)(CC)N(CC)CC.Cl. The van der Waals surface area contributed by atoms with E-state index in [1.54, 1.807) is 0 Å². The van der Waals surface area contributed by atoms with Gasteiger partial charge in [0.05, 0.1) is 0 Å². The molecule has 0 aliphatic rings. The quantitative estimate of drug-likeness (QED) is 0.168. The molecular weight excluding hydrogens is 362 g/mol. The first-order valence-electron chi connectivity index (χ1n) is 12.9. The third kappa shape index (κ3) is 16.1. The lowest BCUT2D eigenvalue weighted by Crippen LogP contribution is -2.45. The summed E-state index contributed by atoms with van der Waals surface area (Å²) in [5.74, 6) is 0.